The Hall–Kier alpha value is -1.06. The van der Waals surface area contributed by atoms with Crippen LogP contribution < -0.4 is 4.74 Å². The summed E-state index contributed by atoms with van der Waals surface area (Å²) in [6.07, 6.45) is 1.88. The van der Waals surface area contributed by atoms with E-state index in [2.05, 4.69) is 0 Å². The zero-order valence-electron chi connectivity index (χ0n) is 9.98. The molecule has 1 rings (SSSR count). The first-order valence-corrected chi connectivity index (χ1v) is 5.61. The van der Waals surface area contributed by atoms with Gasteiger partial charge in [0, 0.05) is 6.61 Å². The molecule has 0 aromatic heterocycles. The van der Waals surface area contributed by atoms with Gasteiger partial charge in [-0.25, -0.2) is 0 Å². The summed E-state index contributed by atoms with van der Waals surface area (Å²) in [4.78, 5) is 0. The second-order valence-corrected chi connectivity index (χ2v) is 3.84. The third-order valence-electron chi connectivity index (χ3n) is 2.46. The molecule has 0 aliphatic heterocycles. The van der Waals surface area contributed by atoms with Gasteiger partial charge in [0.2, 0.25) is 0 Å². The van der Waals surface area contributed by atoms with Gasteiger partial charge in [-0.05, 0) is 37.5 Å². The van der Waals surface area contributed by atoms with Crippen LogP contribution in [-0.2, 0) is 11.3 Å². The summed E-state index contributed by atoms with van der Waals surface area (Å²) >= 11 is 0. The Morgan fingerprint density at radius 1 is 1.25 bits per heavy atom. The van der Waals surface area contributed by atoms with Crippen molar-refractivity contribution in [3.63, 3.8) is 0 Å². The standard InChI is InChI=1S/C13H20O3/c1-11(4-3-9-14)16-10-12-5-7-13(15-2)8-6-12/h5-8,11,14H,3-4,9-10H2,1-2H3/t11-/m0/s1. The number of aliphatic hydroxyl groups excluding tert-OH is 1. The lowest BCUT2D eigenvalue weighted by atomic mass is 10.2. The van der Waals surface area contributed by atoms with Crippen molar-refractivity contribution in [3.8, 4) is 5.75 Å². The van der Waals surface area contributed by atoms with E-state index >= 15 is 0 Å². The van der Waals surface area contributed by atoms with Gasteiger partial charge in [-0.15, -0.1) is 0 Å². The van der Waals surface area contributed by atoms with Crippen LogP contribution in [-0.4, -0.2) is 24.9 Å². The van der Waals surface area contributed by atoms with E-state index in [-0.39, 0.29) is 12.7 Å². The van der Waals surface area contributed by atoms with Gasteiger partial charge in [-0.2, -0.15) is 0 Å². The van der Waals surface area contributed by atoms with Crippen LogP contribution in [0.1, 0.15) is 25.3 Å². The molecule has 1 atom stereocenters. The molecule has 3 nitrogen and oxygen atoms in total. The van der Waals surface area contributed by atoms with E-state index in [1.807, 2.05) is 31.2 Å². The van der Waals surface area contributed by atoms with E-state index in [1.54, 1.807) is 7.11 Å². The minimum Gasteiger partial charge on any atom is -0.497 e. The number of methoxy groups -OCH3 is 1. The van der Waals surface area contributed by atoms with Gasteiger partial charge in [-0.1, -0.05) is 12.1 Å². The van der Waals surface area contributed by atoms with E-state index in [9.17, 15) is 0 Å². The summed E-state index contributed by atoms with van der Waals surface area (Å²) in [7, 11) is 1.66. The molecule has 90 valence electrons. The van der Waals surface area contributed by atoms with Crippen LogP contribution in [0.2, 0.25) is 0 Å². The van der Waals surface area contributed by atoms with Crippen LogP contribution in [0, 0.1) is 0 Å². The fourth-order valence-electron chi connectivity index (χ4n) is 1.42. The molecule has 1 N–H and O–H groups in total. The number of rotatable bonds is 7. The van der Waals surface area contributed by atoms with E-state index in [1.165, 1.54) is 0 Å². The average molecular weight is 224 g/mol. The molecule has 0 heterocycles. The number of hydrogen-bond acceptors (Lipinski definition) is 3. The number of benzene rings is 1. The van der Waals surface area contributed by atoms with Crippen molar-refractivity contribution >= 4 is 0 Å². The molecule has 3 heteroatoms. The fourth-order valence-corrected chi connectivity index (χ4v) is 1.42. The number of aliphatic hydroxyl groups is 1. The van der Waals surface area contributed by atoms with Crippen LogP contribution in [0.5, 0.6) is 5.75 Å². The van der Waals surface area contributed by atoms with Crippen molar-refractivity contribution in [2.75, 3.05) is 13.7 Å². The quantitative estimate of drug-likeness (QED) is 0.772. The minimum atomic E-state index is 0.189. The van der Waals surface area contributed by atoms with Crippen LogP contribution in [0.4, 0.5) is 0 Å². The van der Waals surface area contributed by atoms with Gasteiger partial charge in [-0.3, -0.25) is 0 Å². The van der Waals surface area contributed by atoms with Crippen molar-refractivity contribution < 1.29 is 14.6 Å². The summed E-state index contributed by atoms with van der Waals surface area (Å²) in [5.41, 5.74) is 1.14. The molecule has 16 heavy (non-hydrogen) atoms. The normalized spacial score (nSPS) is 12.4. The highest BCUT2D eigenvalue weighted by molar-refractivity contribution is 5.26. The van der Waals surface area contributed by atoms with E-state index in [4.69, 9.17) is 14.6 Å². The maximum Gasteiger partial charge on any atom is 0.118 e. The van der Waals surface area contributed by atoms with E-state index < -0.39 is 0 Å². The third kappa shape index (κ3) is 4.64. The smallest absolute Gasteiger partial charge is 0.118 e. The van der Waals surface area contributed by atoms with E-state index in [0.717, 1.165) is 24.2 Å². The maximum absolute atomic E-state index is 8.69. The second-order valence-electron chi connectivity index (χ2n) is 3.84. The second kappa shape index (κ2) is 7.25. The first-order chi connectivity index (χ1) is 7.76. The highest BCUT2D eigenvalue weighted by Crippen LogP contribution is 2.13. The molecule has 0 bridgehead atoms. The van der Waals surface area contributed by atoms with Gasteiger partial charge in [0.15, 0.2) is 0 Å². The molecule has 0 saturated carbocycles. The monoisotopic (exact) mass is 224 g/mol. The molecule has 0 amide bonds. The predicted molar refractivity (Wildman–Crippen MR) is 63.6 cm³/mol. The van der Waals surface area contributed by atoms with Crippen molar-refractivity contribution in [1.82, 2.24) is 0 Å². The number of hydrogen-bond donors (Lipinski definition) is 1. The van der Waals surface area contributed by atoms with Crippen LogP contribution in [0.3, 0.4) is 0 Å². The Labute approximate surface area is 97.0 Å². The molecule has 0 aliphatic rings. The molecule has 0 fully saturated rings. The molecule has 1 aromatic carbocycles. The molecule has 0 spiro atoms. The lowest BCUT2D eigenvalue weighted by Crippen LogP contribution is -2.08. The highest BCUT2D eigenvalue weighted by Gasteiger charge is 2.02. The SMILES string of the molecule is COc1ccc(CO[C@@H](C)CCCO)cc1. The zero-order chi connectivity index (χ0) is 11.8. The van der Waals surface area contributed by atoms with Crippen molar-refractivity contribution in [2.24, 2.45) is 0 Å². The summed E-state index contributed by atoms with van der Waals surface area (Å²) in [5.74, 6) is 0.858. The van der Waals surface area contributed by atoms with Crippen LogP contribution in [0.25, 0.3) is 0 Å². The molecular weight excluding hydrogens is 204 g/mol. The van der Waals surface area contributed by atoms with Gasteiger partial charge in [0.05, 0.1) is 19.8 Å². The van der Waals surface area contributed by atoms with Crippen LogP contribution in [0.15, 0.2) is 24.3 Å². The molecule has 0 radical (unpaired) electrons. The summed E-state index contributed by atoms with van der Waals surface area (Å²) in [6, 6.07) is 7.85. The lowest BCUT2D eigenvalue weighted by Gasteiger charge is -2.12. The van der Waals surface area contributed by atoms with Crippen molar-refractivity contribution in [1.29, 1.82) is 0 Å². The van der Waals surface area contributed by atoms with E-state index in [0.29, 0.717) is 6.61 Å². The Kier molecular flexibility index (Phi) is 5.90. The first kappa shape index (κ1) is 13.0. The summed E-state index contributed by atoms with van der Waals surface area (Å²) in [6.45, 7) is 2.87. The highest BCUT2D eigenvalue weighted by atomic mass is 16.5. The minimum absolute atomic E-state index is 0.189. The Morgan fingerprint density at radius 3 is 2.50 bits per heavy atom. The van der Waals surface area contributed by atoms with Gasteiger partial charge >= 0.3 is 0 Å². The largest absolute Gasteiger partial charge is 0.497 e. The molecular formula is C13H20O3. The Bertz CT molecular complexity index is 282. The first-order valence-electron chi connectivity index (χ1n) is 5.61. The van der Waals surface area contributed by atoms with Crippen molar-refractivity contribution in [2.45, 2.75) is 32.5 Å². The molecule has 1 aromatic rings. The van der Waals surface area contributed by atoms with Crippen LogP contribution >= 0.6 is 0 Å². The molecule has 0 aliphatic carbocycles. The van der Waals surface area contributed by atoms with Gasteiger partial charge < -0.3 is 14.6 Å². The zero-order valence-corrected chi connectivity index (χ0v) is 9.98. The lowest BCUT2D eigenvalue weighted by molar-refractivity contribution is 0.0431. The third-order valence-corrected chi connectivity index (χ3v) is 2.46. The van der Waals surface area contributed by atoms with Gasteiger partial charge in [0.25, 0.3) is 0 Å². The Balaban J connectivity index is 2.30. The number of ether oxygens (including phenoxy) is 2. The average Bonchev–Trinajstić information content (AvgIpc) is 2.34. The fraction of sp³-hybridized carbons (Fsp3) is 0.538. The van der Waals surface area contributed by atoms with Crippen molar-refractivity contribution in [3.05, 3.63) is 29.8 Å². The topological polar surface area (TPSA) is 38.7 Å². The predicted octanol–water partition coefficient (Wildman–Crippen LogP) is 2.37. The Morgan fingerprint density at radius 2 is 1.94 bits per heavy atom. The van der Waals surface area contributed by atoms with Gasteiger partial charge in [0.1, 0.15) is 5.75 Å². The summed E-state index contributed by atoms with van der Waals surface area (Å²) in [5, 5.41) is 8.69. The summed E-state index contributed by atoms with van der Waals surface area (Å²) < 4.78 is 10.7. The molecule has 0 saturated heterocycles. The maximum atomic E-state index is 8.69. The molecule has 0 unspecified atom stereocenters.